The Hall–Kier alpha value is -1.03. The molecule has 0 fully saturated rings. The average Bonchev–Trinajstić information content (AvgIpc) is 2.43. The van der Waals surface area contributed by atoms with Crippen molar-refractivity contribution in [3.63, 3.8) is 0 Å². The van der Waals surface area contributed by atoms with Gasteiger partial charge in [-0.1, -0.05) is 20.3 Å². The molecule has 4 nitrogen and oxygen atoms in total. The standard InChI is InChI=1S/C14H24ClN3O/c1-3-5-12(6-7-15)10-16-13-9-14(18-11-17-13)19-8-4-2/h9,11-12H,3-8,10H2,1-2H3,(H,16,17,18). The molecular weight excluding hydrogens is 262 g/mol. The Morgan fingerprint density at radius 1 is 1.26 bits per heavy atom. The Balaban J connectivity index is 2.46. The van der Waals surface area contributed by atoms with Crippen molar-refractivity contribution in [1.82, 2.24) is 9.97 Å². The van der Waals surface area contributed by atoms with Crippen LogP contribution < -0.4 is 10.1 Å². The first kappa shape index (κ1) is 16.0. The van der Waals surface area contributed by atoms with E-state index >= 15 is 0 Å². The third kappa shape index (κ3) is 6.62. The SMILES string of the molecule is CCCOc1cc(NCC(CCC)CCCl)ncn1. The molecule has 0 radical (unpaired) electrons. The molecule has 1 aromatic rings. The molecule has 0 saturated heterocycles. The molecule has 1 heterocycles. The van der Waals surface area contributed by atoms with Crippen LogP contribution in [0.2, 0.25) is 0 Å². The van der Waals surface area contributed by atoms with Gasteiger partial charge in [0.05, 0.1) is 6.61 Å². The van der Waals surface area contributed by atoms with Gasteiger partial charge in [0.25, 0.3) is 0 Å². The lowest BCUT2D eigenvalue weighted by atomic mass is 10.0. The Labute approximate surface area is 120 Å². The van der Waals surface area contributed by atoms with E-state index in [1.54, 1.807) is 0 Å². The summed E-state index contributed by atoms with van der Waals surface area (Å²) in [5.41, 5.74) is 0. The van der Waals surface area contributed by atoms with E-state index in [4.69, 9.17) is 16.3 Å². The zero-order valence-electron chi connectivity index (χ0n) is 11.9. The first-order valence-electron chi connectivity index (χ1n) is 7.04. The minimum Gasteiger partial charge on any atom is -0.478 e. The Morgan fingerprint density at radius 3 is 2.79 bits per heavy atom. The van der Waals surface area contributed by atoms with Crippen LogP contribution in [0.15, 0.2) is 12.4 Å². The molecule has 0 amide bonds. The van der Waals surface area contributed by atoms with Gasteiger partial charge >= 0.3 is 0 Å². The molecule has 0 aliphatic rings. The second-order valence-electron chi connectivity index (χ2n) is 4.60. The van der Waals surface area contributed by atoms with Crippen molar-refractivity contribution in [1.29, 1.82) is 0 Å². The number of nitrogens with one attached hydrogen (secondary N) is 1. The normalized spacial score (nSPS) is 12.2. The van der Waals surface area contributed by atoms with E-state index < -0.39 is 0 Å². The highest BCUT2D eigenvalue weighted by Gasteiger charge is 2.07. The highest BCUT2D eigenvalue weighted by molar-refractivity contribution is 6.17. The summed E-state index contributed by atoms with van der Waals surface area (Å²) < 4.78 is 5.49. The number of alkyl halides is 1. The monoisotopic (exact) mass is 285 g/mol. The van der Waals surface area contributed by atoms with Gasteiger partial charge in [0.15, 0.2) is 0 Å². The minimum atomic E-state index is 0.595. The molecule has 0 aliphatic heterocycles. The molecule has 19 heavy (non-hydrogen) atoms. The molecule has 1 N–H and O–H groups in total. The Kier molecular flexibility index (Phi) is 8.30. The predicted octanol–water partition coefficient (Wildman–Crippen LogP) is 3.72. The van der Waals surface area contributed by atoms with Gasteiger partial charge in [-0.15, -0.1) is 11.6 Å². The van der Waals surface area contributed by atoms with Crippen molar-refractivity contribution in [3.05, 3.63) is 12.4 Å². The van der Waals surface area contributed by atoms with Gasteiger partial charge in [0.1, 0.15) is 12.1 Å². The molecule has 1 rings (SSSR count). The van der Waals surface area contributed by atoms with Gasteiger partial charge in [0.2, 0.25) is 5.88 Å². The lowest BCUT2D eigenvalue weighted by Crippen LogP contribution is -2.15. The maximum absolute atomic E-state index is 5.82. The molecule has 0 spiro atoms. The van der Waals surface area contributed by atoms with Gasteiger partial charge in [-0.3, -0.25) is 0 Å². The van der Waals surface area contributed by atoms with E-state index in [2.05, 4.69) is 29.1 Å². The highest BCUT2D eigenvalue weighted by Crippen LogP contribution is 2.15. The first-order chi connectivity index (χ1) is 9.30. The lowest BCUT2D eigenvalue weighted by molar-refractivity contribution is 0.305. The van der Waals surface area contributed by atoms with Gasteiger partial charge in [0, 0.05) is 18.5 Å². The second kappa shape index (κ2) is 9.84. The number of rotatable bonds is 10. The summed E-state index contributed by atoms with van der Waals surface area (Å²) in [7, 11) is 0. The zero-order chi connectivity index (χ0) is 13.9. The van der Waals surface area contributed by atoms with Crippen LogP contribution in [0.1, 0.15) is 39.5 Å². The maximum atomic E-state index is 5.82. The van der Waals surface area contributed by atoms with Crippen LogP contribution in [0.3, 0.4) is 0 Å². The highest BCUT2D eigenvalue weighted by atomic mass is 35.5. The predicted molar refractivity (Wildman–Crippen MR) is 80.0 cm³/mol. The van der Waals surface area contributed by atoms with E-state index in [1.807, 2.05) is 6.07 Å². The van der Waals surface area contributed by atoms with Crippen LogP contribution in [0.25, 0.3) is 0 Å². The molecule has 1 aromatic heterocycles. The third-order valence-corrected chi connectivity index (χ3v) is 3.10. The van der Waals surface area contributed by atoms with Crippen molar-refractivity contribution in [2.75, 3.05) is 24.3 Å². The summed E-state index contributed by atoms with van der Waals surface area (Å²) >= 11 is 5.82. The van der Waals surface area contributed by atoms with Crippen molar-refractivity contribution in [2.24, 2.45) is 5.92 Å². The molecule has 5 heteroatoms. The fourth-order valence-electron chi connectivity index (χ4n) is 1.88. The minimum absolute atomic E-state index is 0.595. The fraction of sp³-hybridized carbons (Fsp3) is 0.714. The number of ether oxygens (including phenoxy) is 1. The number of aromatic nitrogens is 2. The summed E-state index contributed by atoms with van der Waals surface area (Å²) in [6.07, 6.45) is 5.90. The van der Waals surface area contributed by atoms with E-state index in [-0.39, 0.29) is 0 Å². The zero-order valence-corrected chi connectivity index (χ0v) is 12.6. The molecular formula is C14H24ClN3O. The molecule has 108 valence electrons. The molecule has 0 bridgehead atoms. The van der Waals surface area contributed by atoms with Crippen LogP contribution in [0.4, 0.5) is 5.82 Å². The number of hydrogen-bond donors (Lipinski definition) is 1. The van der Waals surface area contributed by atoms with Crippen molar-refractivity contribution >= 4 is 17.4 Å². The van der Waals surface area contributed by atoms with Crippen molar-refractivity contribution in [3.8, 4) is 5.88 Å². The second-order valence-corrected chi connectivity index (χ2v) is 4.98. The molecule has 0 aliphatic carbocycles. The largest absolute Gasteiger partial charge is 0.478 e. The van der Waals surface area contributed by atoms with E-state index in [0.717, 1.165) is 25.2 Å². The van der Waals surface area contributed by atoms with Crippen LogP contribution in [0.5, 0.6) is 5.88 Å². The average molecular weight is 286 g/mol. The van der Waals surface area contributed by atoms with Crippen LogP contribution in [-0.2, 0) is 0 Å². The summed E-state index contributed by atoms with van der Waals surface area (Å²) in [4.78, 5) is 8.29. The van der Waals surface area contributed by atoms with Gasteiger partial charge in [-0.25, -0.2) is 9.97 Å². The third-order valence-electron chi connectivity index (χ3n) is 2.88. The number of anilines is 1. The quantitative estimate of drug-likeness (QED) is 0.666. The van der Waals surface area contributed by atoms with Crippen molar-refractivity contribution in [2.45, 2.75) is 39.5 Å². The maximum Gasteiger partial charge on any atom is 0.218 e. The smallest absolute Gasteiger partial charge is 0.218 e. The summed E-state index contributed by atoms with van der Waals surface area (Å²) in [6, 6.07) is 1.85. The van der Waals surface area contributed by atoms with E-state index in [0.29, 0.717) is 24.3 Å². The van der Waals surface area contributed by atoms with Gasteiger partial charge in [-0.05, 0) is 25.2 Å². The molecule has 0 saturated carbocycles. The number of hydrogen-bond acceptors (Lipinski definition) is 4. The fourth-order valence-corrected chi connectivity index (χ4v) is 2.19. The van der Waals surface area contributed by atoms with Crippen LogP contribution in [0, 0.1) is 5.92 Å². The van der Waals surface area contributed by atoms with Crippen LogP contribution >= 0.6 is 11.6 Å². The van der Waals surface area contributed by atoms with E-state index in [1.165, 1.54) is 19.2 Å². The first-order valence-corrected chi connectivity index (χ1v) is 7.58. The molecule has 0 aromatic carbocycles. The lowest BCUT2D eigenvalue weighted by Gasteiger charge is -2.16. The molecule has 1 atom stereocenters. The van der Waals surface area contributed by atoms with Crippen molar-refractivity contribution < 1.29 is 4.74 Å². The molecule has 1 unspecified atom stereocenters. The topological polar surface area (TPSA) is 47.0 Å². The summed E-state index contributed by atoms with van der Waals surface area (Å²) in [5, 5.41) is 3.34. The van der Waals surface area contributed by atoms with Gasteiger partial charge in [-0.2, -0.15) is 0 Å². The van der Waals surface area contributed by atoms with E-state index in [9.17, 15) is 0 Å². The summed E-state index contributed by atoms with van der Waals surface area (Å²) in [6.45, 7) is 5.84. The number of halogens is 1. The Bertz CT molecular complexity index is 343. The Morgan fingerprint density at radius 2 is 2.11 bits per heavy atom. The summed E-state index contributed by atoms with van der Waals surface area (Å²) in [5.74, 6) is 2.75. The van der Waals surface area contributed by atoms with Gasteiger partial charge < -0.3 is 10.1 Å². The van der Waals surface area contributed by atoms with Crippen LogP contribution in [-0.4, -0.2) is 29.0 Å². The number of nitrogens with zero attached hydrogens (tertiary/aromatic N) is 2.